The molecule has 3 heterocycles. The van der Waals surface area contributed by atoms with Crippen LogP contribution in [0.25, 0.3) is 11.0 Å². The zero-order valence-electron chi connectivity index (χ0n) is 17.7. The van der Waals surface area contributed by atoms with Crippen LogP contribution in [0.2, 0.25) is 0 Å². The average Bonchev–Trinajstić information content (AvgIpc) is 3.45. The first-order valence-corrected chi connectivity index (χ1v) is 10.5. The van der Waals surface area contributed by atoms with Crippen LogP contribution < -0.4 is 10.2 Å². The molecule has 0 spiro atoms. The summed E-state index contributed by atoms with van der Waals surface area (Å²) in [6, 6.07) is 12.6. The lowest BCUT2D eigenvalue weighted by Gasteiger charge is -2.33. The molecule has 11 heteroatoms. The number of para-hydroxylation sites is 1. The lowest BCUT2D eigenvalue weighted by atomic mass is 9.77. The predicted molar refractivity (Wildman–Crippen MR) is 117 cm³/mol. The van der Waals surface area contributed by atoms with Crippen molar-refractivity contribution in [1.82, 2.24) is 5.32 Å². The first kappa shape index (κ1) is 21.7. The molecule has 0 bridgehead atoms. The van der Waals surface area contributed by atoms with E-state index in [1.54, 1.807) is 30.3 Å². The fourth-order valence-electron chi connectivity index (χ4n) is 5.10. The summed E-state index contributed by atoms with van der Waals surface area (Å²) in [6.45, 7) is 1.23. The number of aliphatic carboxylic acids is 1. The Morgan fingerprint density at radius 1 is 1.18 bits per heavy atom. The van der Waals surface area contributed by atoms with Crippen molar-refractivity contribution in [2.45, 2.75) is 24.6 Å². The number of fused-ring (bicyclic) bond motifs is 2. The fraction of sp³-hybridized carbons (Fsp3) is 0.261. The van der Waals surface area contributed by atoms with Crippen molar-refractivity contribution < 1.29 is 33.9 Å². The topological polar surface area (TPSA) is 163 Å². The number of nitrogens with zero attached hydrogens (tertiary/aromatic N) is 2. The van der Waals surface area contributed by atoms with Gasteiger partial charge in [0.1, 0.15) is 11.3 Å². The van der Waals surface area contributed by atoms with Gasteiger partial charge >= 0.3 is 5.97 Å². The van der Waals surface area contributed by atoms with Gasteiger partial charge in [0.15, 0.2) is 5.54 Å². The molecule has 2 aliphatic heterocycles. The lowest BCUT2D eigenvalue weighted by Crippen LogP contribution is -2.62. The number of carboxylic acid groups (broad SMARTS) is 1. The molecule has 0 aliphatic carbocycles. The van der Waals surface area contributed by atoms with Crippen LogP contribution in [0.3, 0.4) is 0 Å². The predicted octanol–water partition coefficient (Wildman–Crippen LogP) is 2.00. The van der Waals surface area contributed by atoms with E-state index in [4.69, 9.17) is 4.42 Å². The Bertz CT molecular complexity index is 1330. The number of furan rings is 1. The summed E-state index contributed by atoms with van der Waals surface area (Å²) in [7, 11) is 0. The van der Waals surface area contributed by atoms with E-state index in [1.165, 1.54) is 25.1 Å². The van der Waals surface area contributed by atoms with Gasteiger partial charge in [0.25, 0.3) is 5.69 Å². The van der Waals surface area contributed by atoms with E-state index in [0.717, 1.165) is 11.0 Å². The Kier molecular flexibility index (Phi) is 4.78. The molecule has 2 aliphatic rings. The maximum absolute atomic E-state index is 13.6. The van der Waals surface area contributed by atoms with Crippen LogP contribution in [0.1, 0.15) is 18.7 Å². The molecule has 5 unspecified atom stereocenters. The average molecular weight is 465 g/mol. The highest BCUT2D eigenvalue weighted by atomic mass is 16.6. The van der Waals surface area contributed by atoms with E-state index in [9.17, 15) is 34.7 Å². The number of amides is 2. The number of carboxylic acids is 1. The third kappa shape index (κ3) is 2.87. The van der Waals surface area contributed by atoms with Crippen LogP contribution >= 0.6 is 0 Å². The molecule has 2 aromatic carbocycles. The van der Waals surface area contributed by atoms with E-state index in [-0.39, 0.29) is 17.1 Å². The van der Waals surface area contributed by atoms with Gasteiger partial charge in [-0.25, -0.2) is 4.90 Å². The zero-order valence-corrected chi connectivity index (χ0v) is 17.7. The molecule has 3 aromatic rings. The van der Waals surface area contributed by atoms with Crippen LogP contribution in [-0.4, -0.2) is 44.6 Å². The Morgan fingerprint density at radius 3 is 2.56 bits per heavy atom. The van der Waals surface area contributed by atoms with Gasteiger partial charge in [-0.3, -0.25) is 29.8 Å². The third-order valence-electron chi connectivity index (χ3n) is 6.66. The summed E-state index contributed by atoms with van der Waals surface area (Å²) in [4.78, 5) is 50.9. The standard InChI is InChI=1S/C23H19N3O8/c1-11(27)23(22(30)31)18-17(19(24-23)16-9-12-5-2-3-8-15(12)34-16)20(28)25(21(18)29)13-6-4-7-14(10-13)26(32)33/h2-11,17-19,24,27H,1H3,(H,30,31). The Balaban J connectivity index is 1.67. The third-order valence-corrected chi connectivity index (χ3v) is 6.66. The number of aliphatic hydroxyl groups excluding tert-OH is 1. The van der Waals surface area contributed by atoms with Crippen molar-refractivity contribution in [3.63, 3.8) is 0 Å². The highest BCUT2D eigenvalue weighted by molar-refractivity contribution is 6.24. The quantitative estimate of drug-likeness (QED) is 0.290. The van der Waals surface area contributed by atoms with Gasteiger partial charge in [0, 0.05) is 17.5 Å². The number of nitro benzene ring substituents is 1. The molecule has 2 saturated heterocycles. The minimum absolute atomic E-state index is 0.0492. The number of hydrogen-bond acceptors (Lipinski definition) is 8. The molecule has 174 valence electrons. The number of non-ortho nitro benzene ring substituents is 1. The van der Waals surface area contributed by atoms with Crippen molar-refractivity contribution >= 4 is 40.1 Å². The molecule has 2 fully saturated rings. The van der Waals surface area contributed by atoms with Gasteiger partial charge in [-0.05, 0) is 25.1 Å². The number of nitro groups is 1. The van der Waals surface area contributed by atoms with Crippen LogP contribution in [0.5, 0.6) is 0 Å². The molecule has 5 rings (SSSR count). The largest absolute Gasteiger partial charge is 0.480 e. The summed E-state index contributed by atoms with van der Waals surface area (Å²) in [5, 5.41) is 35.5. The summed E-state index contributed by atoms with van der Waals surface area (Å²) in [5.41, 5.74) is -2.06. The minimum Gasteiger partial charge on any atom is -0.480 e. The SMILES string of the molecule is CC(O)C1(C(=O)O)NC(c2cc3ccccc3o2)C2C(=O)N(c3cccc([N+](=O)[O-])c3)C(=O)C21. The number of carbonyl (C=O) groups excluding carboxylic acids is 2. The Labute approximate surface area is 191 Å². The molecular formula is C23H19N3O8. The van der Waals surface area contributed by atoms with Crippen molar-refractivity contribution in [3.8, 4) is 0 Å². The molecule has 0 saturated carbocycles. The van der Waals surface area contributed by atoms with Crippen LogP contribution in [0, 0.1) is 22.0 Å². The molecule has 34 heavy (non-hydrogen) atoms. The van der Waals surface area contributed by atoms with E-state index >= 15 is 0 Å². The highest BCUT2D eigenvalue weighted by Crippen LogP contribution is 2.51. The second-order valence-electron chi connectivity index (χ2n) is 8.45. The number of anilines is 1. The van der Waals surface area contributed by atoms with Gasteiger partial charge in [-0.2, -0.15) is 0 Å². The zero-order chi connectivity index (χ0) is 24.4. The normalized spacial score (nSPS) is 27.2. The van der Waals surface area contributed by atoms with Gasteiger partial charge < -0.3 is 14.6 Å². The first-order valence-electron chi connectivity index (χ1n) is 10.5. The summed E-state index contributed by atoms with van der Waals surface area (Å²) < 4.78 is 5.88. The van der Waals surface area contributed by atoms with Crippen molar-refractivity contribution in [1.29, 1.82) is 0 Å². The van der Waals surface area contributed by atoms with Crippen LogP contribution in [0.4, 0.5) is 11.4 Å². The number of nitrogens with one attached hydrogen (secondary N) is 1. The number of rotatable bonds is 5. The van der Waals surface area contributed by atoms with Crippen molar-refractivity contribution in [2.75, 3.05) is 4.90 Å². The van der Waals surface area contributed by atoms with E-state index < -0.39 is 52.2 Å². The monoisotopic (exact) mass is 465 g/mol. The maximum Gasteiger partial charge on any atom is 0.327 e. The van der Waals surface area contributed by atoms with Crippen molar-refractivity contribution in [2.24, 2.45) is 11.8 Å². The Hall–Kier alpha value is -4.09. The molecule has 1 aromatic heterocycles. The van der Waals surface area contributed by atoms with E-state index in [1.807, 2.05) is 0 Å². The second kappa shape index (κ2) is 7.47. The number of imide groups is 1. The first-order chi connectivity index (χ1) is 16.2. The molecule has 3 N–H and O–H groups in total. The lowest BCUT2D eigenvalue weighted by molar-refractivity contribution is -0.384. The summed E-state index contributed by atoms with van der Waals surface area (Å²) in [6.07, 6.45) is -1.56. The van der Waals surface area contributed by atoms with Gasteiger partial charge in [-0.1, -0.05) is 24.3 Å². The second-order valence-corrected chi connectivity index (χ2v) is 8.45. The van der Waals surface area contributed by atoms with E-state index in [2.05, 4.69) is 5.32 Å². The summed E-state index contributed by atoms with van der Waals surface area (Å²) in [5.74, 6) is -5.57. The van der Waals surface area contributed by atoms with Crippen molar-refractivity contribution in [3.05, 3.63) is 70.5 Å². The fourth-order valence-corrected chi connectivity index (χ4v) is 5.10. The van der Waals surface area contributed by atoms with Gasteiger partial charge in [-0.15, -0.1) is 0 Å². The maximum atomic E-state index is 13.6. The Morgan fingerprint density at radius 2 is 1.91 bits per heavy atom. The molecule has 0 radical (unpaired) electrons. The summed E-state index contributed by atoms with van der Waals surface area (Å²) >= 11 is 0. The van der Waals surface area contributed by atoms with Crippen LogP contribution in [0.15, 0.2) is 59.0 Å². The highest BCUT2D eigenvalue weighted by Gasteiger charge is 2.71. The van der Waals surface area contributed by atoms with Crippen LogP contribution in [-0.2, 0) is 14.4 Å². The van der Waals surface area contributed by atoms with E-state index in [0.29, 0.717) is 11.0 Å². The van der Waals surface area contributed by atoms with Gasteiger partial charge in [0.05, 0.1) is 34.6 Å². The number of aliphatic hydroxyl groups is 1. The minimum atomic E-state index is -2.18. The number of carbonyl (C=O) groups is 3. The molecule has 2 amide bonds. The molecule has 11 nitrogen and oxygen atoms in total. The molecule has 5 atom stereocenters. The number of hydrogen-bond donors (Lipinski definition) is 3. The number of benzene rings is 2. The van der Waals surface area contributed by atoms with Gasteiger partial charge in [0.2, 0.25) is 11.8 Å². The molecular weight excluding hydrogens is 446 g/mol. The smallest absolute Gasteiger partial charge is 0.327 e.